The lowest BCUT2D eigenvalue weighted by Crippen LogP contribution is -2.36. The van der Waals surface area contributed by atoms with Crippen LogP contribution in [0.1, 0.15) is 15.9 Å². The van der Waals surface area contributed by atoms with Gasteiger partial charge in [-0.1, -0.05) is 6.07 Å². The standard InChI is InChI=1S/C10H7F4NO3/c11-7-3-5(8(16)17)1-2-6(7)4-15-9(18)10(12,13)14/h1-3H,4H2,(H,15,18)(H,16,17). The normalized spacial score (nSPS) is 11.1. The molecular formula is C10H7F4NO3. The first-order chi connectivity index (χ1) is 8.21. The van der Waals surface area contributed by atoms with Crippen molar-refractivity contribution in [3.63, 3.8) is 0 Å². The first kappa shape index (κ1) is 13.9. The molecule has 98 valence electrons. The molecule has 8 heteroatoms. The van der Waals surface area contributed by atoms with Crippen molar-refractivity contribution in [2.45, 2.75) is 12.7 Å². The maximum absolute atomic E-state index is 13.3. The van der Waals surface area contributed by atoms with Gasteiger partial charge in [0.1, 0.15) is 5.82 Å². The molecule has 18 heavy (non-hydrogen) atoms. The molecule has 0 aliphatic carbocycles. The fourth-order valence-electron chi connectivity index (χ4n) is 1.10. The monoisotopic (exact) mass is 265 g/mol. The lowest BCUT2D eigenvalue weighted by molar-refractivity contribution is -0.173. The lowest BCUT2D eigenvalue weighted by Gasteiger charge is -2.08. The van der Waals surface area contributed by atoms with E-state index in [9.17, 15) is 27.2 Å². The molecule has 0 saturated heterocycles. The number of carbonyl (C=O) groups is 2. The van der Waals surface area contributed by atoms with Gasteiger partial charge in [-0.25, -0.2) is 9.18 Å². The molecule has 4 nitrogen and oxygen atoms in total. The van der Waals surface area contributed by atoms with Crippen molar-refractivity contribution >= 4 is 11.9 Å². The Labute approximate surface area is 98.2 Å². The van der Waals surface area contributed by atoms with Gasteiger partial charge in [-0.2, -0.15) is 13.2 Å². The highest BCUT2D eigenvalue weighted by atomic mass is 19.4. The van der Waals surface area contributed by atoms with Crippen LogP contribution in [0.3, 0.4) is 0 Å². The second kappa shape index (κ2) is 5.03. The van der Waals surface area contributed by atoms with Crippen LogP contribution in [0, 0.1) is 5.82 Å². The third-order valence-electron chi connectivity index (χ3n) is 2.00. The van der Waals surface area contributed by atoms with E-state index < -0.39 is 30.4 Å². The summed E-state index contributed by atoms with van der Waals surface area (Å²) < 4.78 is 48.8. The van der Waals surface area contributed by atoms with E-state index >= 15 is 0 Å². The Morgan fingerprint density at radius 2 is 1.89 bits per heavy atom. The smallest absolute Gasteiger partial charge is 0.471 e. The number of hydrogen-bond donors (Lipinski definition) is 2. The number of aromatic carboxylic acids is 1. The maximum Gasteiger partial charge on any atom is 0.471 e. The second-order valence-corrected chi connectivity index (χ2v) is 3.29. The topological polar surface area (TPSA) is 66.4 Å². The fourth-order valence-corrected chi connectivity index (χ4v) is 1.10. The molecule has 0 heterocycles. The third kappa shape index (κ3) is 3.44. The van der Waals surface area contributed by atoms with Gasteiger partial charge in [-0.15, -0.1) is 0 Å². The number of carboxylic acid groups (broad SMARTS) is 1. The average molecular weight is 265 g/mol. The molecule has 1 aromatic carbocycles. The van der Waals surface area contributed by atoms with Crippen molar-refractivity contribution < 1.29 is 32.3 Å². The Balaban J connectivity index is 2.75. The van der Waals surface area contributed by atoms with Crippen LogP contribution in [0.25, 0.3) is 0 Å². The minimum absolute atomic E-state index is 0.238. The van der Waals surface area contributed by atoms with Crippen molar-refractivity contribution in [2.75, 3.05) is 0 Å². The van der Waals surface area contributed by atoms with E-state index in [1.807, 2.05) is 0 Å². The fraction of sp³-hybridized carbons (Fsp3) is 0.200. The molecule has 0 atom stereocenters. The molecule has 0 radical (unpaired) electrons. The number of hydrogen-bond acceptors (Lipinski definition) is 2. The summed E-state index contributed by atoms with van der Waals surface area (Å²) in [4.78, 5) is 20.9. The number of alkyl halides is 3. The molecule has 2 N–H and O–H groups in total. The summed E-state index contributed by atoms with van der Waals surface area (Å²) in [6.07, 6.45) is -5.04. The zero-order valence-corrected chi connectivity index (χ0v) is 8.71. The van der Waals surface area contributed by atoms with Crippen molar-refractivity contribution in [1.82, 2.24) is 5.32 Å². The molecule has 0 aromatic heterocycles. The molecule has 0 fully saturated rings. The summed E-state index contributed by atoms with van der Waals surface area (Å²) in [6.45, 7) is -0.677. The number of benzene rings is 1. The highest BCUT2D eigenvalue weighted by Gasteiger charge is 2.38. The number of amides is 1. The van der Waals surface area contributed by atoms with Gasteiger partial charge >= 0.3 is 18.1 Å². The molecule has 0 spiro atoms. The number of carboxylic acids is 1. The predicted molar refractivity (Wildman–Crippen MR) is 51.3 cm³/mol. The number of carbonyl (C=O) groups excluding carboxylic acids is 1. The number of nitrogens with one attached hydrogen (secondary N) is 1. The number of rotatable bonds is 3. The highest BCUT2D eigenvalue weighted by Crippen LogP contribution is 2.15. The zero-order valence-electron chi connectivity index (χ0n) is 8.71. The Kier molecular flexibility index (Phi) is 3.89. The summed E-state index contributed by atoms with van der Waals surface area (Å²) in [7, 11) is 0. The Morgan fingerprint density at radius 3 is 2.33 bits per heavy atom. The first-order valence-corrected chi connectivity index (χ1v) is 4.58. The first-order valence-electron chi connectivity index (χ1n) is 4.58. The van der Waals surface area contributed by atoms with Gasteiger partial charge in [0, 0.05) is 12.1 Å². The minimum Gasteiger partial charge on any atom is -0.478 e. The van der Waals surface area contributed by atoms with Crippen LogP contribution < -0.4 is 5.32 Å². The van der Waals surface area contributed by atoms with Crippen LogP contribution in [0.15, 0.2) is 18.2 Å². The van der Waals surface area contributed by atoms with Crippen LogP contribution in [0.5, 0.6) is 0 Å². The molecule has 0 aliphatic rings. The van der Waals surface area contributed by atoms with E-state index in [2.05, 4.69) is 0 Å². The summed E-state index contributed by atoms with van der Waals surface area (Å²) >= 11 is 0. The predicted octanol–water partition coefficient (Wildman–Crippen LogP) is 1.70. The quantitative estimate of drug-likeness (QED) is 0.817. The minimum atomic E-state index is -5.04. The van der Waals surface area contributed by atoms with Crippen LogP contribution >= 0.6 is 0 Å². The summed E-state index contributed by atoms with van der Waals surface area (Å²) in [5.41, 5.74) is -0.573. The van der Waals surface area contributed by atoms with Gasteiger partial charge in [-0.05, 0) is 12.1 Å². The molecule has 1 aromatic rings. The summed E-state index contributed by atoms with van der Waals surface area (Å²) in [5, 5.41) is 10.0. The van der Waals surface area contributed by atoms with Crippen LogP contribution in [0.2, 0.25) is 0 Å². The van der Waals surface area contributed by atoms with Crippen LogP contribution in [-0.4, -0.2) is 23.2 Å². The van der Waals surface area contributed by atoms with Gasteiger partial charge in [-0.3, -0.25) is 4.79 Å². The lowest BCUT2D eigenvalue weighted by atomic mass is 10.1. The Bertz CT molecular complexity index is 485. The molecule has 1 rings (SSSR count). The Hall–Kier alpha value is -2.12. The zero-order chi connectivity index (χ0) is 13.9. The molecule has 0 bridgehead atoms. The van der Waals surface area contributed by atoms with Crippen LogP contribution in [-0.2, 0) is 11.3 Å². The van der Waals surface area contributed by atoms with Gasteiger partial charge in [0.15, 0.2) is 0 Å². The van der Waals surface area contributed by atoms with E-state index in [0.717, 1.165) is 12.1 Å². The summed E-state index contributed by atoms with van der Waals surface area (Å²) in [6, 6.07) is 2.69. The van der Waals surface area contributed by atoms with E-state index in [1.54, 1.807) is 0 Å². The van der Waals surface area contributed by atoms with Gasteiger partial charge < -0.3 is 10.4 Å². The molecule has 0 aliphatic heterocycles. The van der Waals surface area contributed by atoms with Crippen molar-refractivity contribution in [3.8, 4) is 0 Å². The Morgan fingerprint density at radius 1 is 1.28 bits per heavy atom. The average Bonchev–Trinajstić information content (AvgIpc) is 2.25. The largest absolute Gasteiger partial charge is 0.478 e. The highest BCUT2D eigenvalue weighted by molar-refractivity contribution is 5.87. The van der Waals surface area contributed by atoms with E-state index in [0.29, 0.717) is 6.07 Å². The summed E-state index contributed by atoms with van der Waals surface area (Å²) in [5.74, 6) is -4.55. The van der Waals surface area contributed by atoms with Crippen molar-refractivity contribution in [2.24, 2.45) is 0 Å². The van der Waals surface area contributed by atoms with E-state index in [-0.39, 0.29) is 11.1 Å². The van der Waals surface area contributed by atoms with Gasteiger partial charge in [0.2, 0.25) is 0 Å². The SMILES string of the molecule is O=C(O)c1ccc(CNC(=O)C(F)(F)F)c(F)c1. The molecule has 1 amide bonds. The van der Waals surface area contributed by atoms with Crippen molar-refractivity contribution in [1.29, 1.82) is 0 Å². The molecule has 0 saturated carbocycles. The number of halogens is 4. The van der Waals surface area contributed by atoms with Gasteiger partial charge in [0.05, 0.1) is 5.56 Å². The molecular weight excluding hydrogens is 258 g/mol. The van der Waals surface area contributed by atoms with Crippen LogP contribution in [0.4, 0.5) is 17.6 Å². The second-order valence-electron chi connectivity index (χ2n) is 3.29. The third-order valence-corrected chi connectivity index (χ3v) is 2.00. The van der Waals surface area contributed by atoms with E-state index in [1.165, 1.54) is 5.32 Å². The van der Waals surface area contributed by atoms with Gasteiger partial charge in [0.25, 0.3) is 0 Å². The maximum atomic E-state index is 13.3. The van der Waals surface area contributed by atoms with E-state index in [4.69, 9.17) is 5.11 Å². The molecule has 0 unspecified atom stereocenters. The van der Waals surface area contributed by atoms with Crippen molar-refractivity contribution in [3.05, 3.63) is 35.1 Å².